The number of rotatable bonds is 12. The Morgan fingerprint density at radius 2 is 1.71 bits per heavy atom. The van der Waals surface area contributed by atoms with Gasteiger partial charge in [0.15, 0.2) is 8.32 Å². The Morgan fingerprint density at radius 1 is 1.08 bits per heavy atom. The molecule has 0 unspecified atom stereocenters. The van der Waals surface area contributed by atoms with Gasteiger partial charge in [0, 0.05) is 4.88 Å². The molecule has 1 rings (SSSR count). The Bertz CT molecular complexity index is 462. The number of hydrogen-bond acceptors (Lipinski definition) is 2. The molecule has 24 heavy (non-hydrogen) atoms. The molecule has 1 nitrogen and oxygen atoms in total. The van der Waals surface area contributed by atoms with Crippen molar-refractivity contribution >= 4 is 25.2 Å². The van der Waals surface area contributed by atoms with Crippen LogP contribution in [0.3, 0.4) is 0 Å². The molecule has 1 aromatic rings. The van der Waals surface area contributed by atoms with Crippen LogP contribution < -0.4 is 0 Å². The van der Waals surface area contributed by atoms with E-state index in [4.69, 9.17) is 4.43 Å². The van der Waals surface area contributed by atoms with E-state index in [1.807, 2.05) is 11.3 Å². The number of thiophene rings is 1. The molecule has 0 aliphatic carbocycles. The van der Waals surface area contributed by atoms with E-state index >= 15 is 0 Å². The molecule has 0 bridgehead atoms. The second-order valence-electron chi connectivity index (χ2n) is 6.83. The molecule has 0 radical (unpaired) electrons. The molecule has 0 aromatic carbocycles. The Morgan fingerprint density at radius 3 is 2.12 bits per heavy atom. The van der Waals surface area contributed by atoms with Crippen molar-refractivity contribution in [2.24, 2.45) is 0 Å². The molecule has 1 aromatic heterocycles. The van der Waals surface area contributed by atoms with Crippen LogP contribution in [0.4, 0.5) is 0 Å². The van der Waals surface area contributed by atoms with E-state index < -0.39 is 8.32 Å². The summed E-state index contributed by atoms with van der Waals surface area (Å²) in [6.45, 7) is 13.9. The zero-order valence-electron chi connectivity index (χ0n) is 16.8. The third-order valence-electron chi connectivity index (χ3n) is 5.86. The molecular formula is C21H38OSSi. The van der Waals surface area contributed by atoms with Gasteiger partial charge in [-0.15, -0.1) is 11.3 Å². The van der Waals surface area contributed by atoms with E-state index in [0.29, 0.717) is 0 Å². The van der Waals surface area contributed by atoms with E-state index in [0.717, 1.165) is 32.1 Å². The molecule has 0 atom stereocenters. The molecule has 0 aliphatic heterocycles. The minimum absolute atomic E-state index is 0.0824. The zero-order chi connectivity index (χ0) is 18.1. The van der Waals surface area contributed by atoms with Gasteiger partial charge < -0.3 is 4.43 Å². The summed E-state index contributed by atoms with van der Waals surface area (Å²) in [6.07, 6.45) is 8.12. The fraction of sp³-hybridized carbons (Fsp3) is 0.714. The lowest BCUT2D eigenvalue weighted by Crippen LogP contribution is -2.46. The summed E-state index contributed by atoms with van der Waals surface area (Å²) in [5.74, 6) is 0. The molecular weight excluding hydrogens is 328 g/mol. The second-order valence-corrected chi connectivity index (χ2v) is 12.5. The lowest BCUT2D eigenvalue weighted by molar-refractivity contribution is 0.0397. The summed E-state index contributed by atoms with van der Waals surface area (Å²) in [7, 11) is -1.55. The first kappa shape index (κ1) is 21.7. The fourth-order valence-corrected chi connectivity index (χ4v) is 7.70. The Hall–Kier alpha value is -0.383. The van der Waals surface area contributed by atoms with Crippen molar-refractivity contribution in [3.05, 3.63) is 28.5 Å². The van der Waals surface area contributed by atoms with Crippen LogP contribution in [0.2, 0.25) is 18.1 Å². The Kier molecular flexibility index (Phi) is 9.54. The van der Waals surface area contributed by atoms with Gasteiger partial charge in [0.25, 0.3) is 0 Å². The summed E-state index contributed by atoms with van der Waals surface area (Å²) in [5, 5.41) is 2.17. The number of allylic oxidation sites excluding steroid dienone is 2. The quantitative estimate of drug-likeness (QED) is 0.341. The minimum atomic E-state index is -1.55. The van der Waals surface area contributed by atoms with Crippen molar-refractivity contribution in [1.29, 1.82) is 0 Å². The average molecular weight is 367 g/mol. The first-order chi connectivity index (χ1) is 11.5. The maximum Gasteiger partial charge on any atom is 0.192 e. The molecule has 3 heteroatoms. The van der Waals surface area contributed by atoms with Gasteiger partial charge in [-0.05, 0) is 67.3 Å². The zero-order valence-corrected chi connectivity index (χ0v) is 18.6. The summed E-state index contributed by atoms with van der Waals surface area (Å²) in [4.78, 5) is 1.43. The molecule has 0 saturated carbocycles. The lowest BCUT2D eigenvalue weighted by atomic mass is 9.91. The normalized spacial score (nSPS) is 13.5. The van der Waals surface area contributed by atoms with Crippen LogP contribution in [-0.4, -0.2) is 13.9 Å². The van der Waals surface area contributed by atoms with Gasteiger partial charge in [0.2, 0.25) is 0 Å². The van der Waals surface area contributed by atoms with Crippen LogP contribution in [0, 0.1) is 0 Å². The van der Waals surface area contributed by atoms with Crippen LogP contribution in [0.15, 0.2) is 23.6 Å². The molecule has 0 N–H and O–H groups in total. The third kappa shape index (κ3) is 5.57. The summed E-state index contributed by atoms with van der Waals surface area (Å²) < 4.78 is 6.99. The van der Waals surface area contributed by atoms with Gasteiger partial charge in [0.1, 0.15) is 0 Å². The van der Waals surface area contributed by atoms with Gasteiger partial charge in [-0.25, -0.2) is 0 Å². The van der Waals surface area contributed by atoms with Crippen molar-refractivity contribution < 1.29 is 4.43 Å². The molecule has 0 fully saturated rings. The van der Waals surface area contributed by atoms with E-state index in [9.17, 15) is 0 Å². The Labute approximate surface area is 155 Å². The lowest BCUT2D eigenvalue weighted by Gasteiger charge is -2.42. The first-order valence-corrected chi connectivity index (χ1v) is 13.4. The van der Waals surface area contributed by atoms with Crippen LogP contribution in [0.1, 0.15) is 78.5 Å². The summed E-state index contributed by atoms with van der Waals surface area (Å²) >= 11 is 1.85. The fourth-order valence-electron chi connectivity index (χ4n) is 3.61. The predicted molar refractivity (Wildman–Crippen MR) is 113 cm³/mol. The van der Waals surface area contributed by atoms with Crippen molar-refractivity contribution in [1.82, 2.24) is 0 Å². The highest BCUT2D eigenvalue weighted by Gasteiger charge is 2.38. The topological polar surface area (TPSA) is 9.23 Å². The maximum atomic E-state index is 6.99. The van der Waals surface area contributed by atoms with Gasteiger partial charge in [0.05, 0.1) is 5.60 Å². The summed E-state index contributed by atoms with van der Waals surface area (Å²) in [5.41, 5.74) is 1.58. The minimum Gasteiger partial charge on any atom is -0.411 e. The number of hydrogen-bond donors (Lipinski definition) is 0. The Balaban J connectivity index is 2.84. The standard InChI is InChI=1S/C21H38OSSi/c1-7-19(20-16-14-18-23-20)15-13-17-21(8-2,9-3)22-24(10-4,11-5)12-6/h14-16,18H,7-13,17H2,1-6H3/b19-15+. The highest BCUT2D eigenvalue weighted by Crippen LogP contribution is 2.36. The molecule has 0 saturated heterocycles. The highest BCUT2D eigenvalue weighted by molar-refractivity contribution is 7.11. The maximum absolute atomic E-state index is 6.99. The molecule has 0 aliphatic rings. The molecule has 0 amide bonds. The monoisotopic (exact) mass is 366 g/mol. The molecule has 1 heterocycles. The van der Waals surface area contributed by atoms with Crippen LogP contribution >= 0.6 is 11.3 Å². The molecule has 0 spiro atoms. The van der Waals surface area contributed by atoms with E-state index in [1.54, 1.807) is 0 Å². The van der Waals surface area contributed by atoms with Gasteiger partial charge in [-0.3, -0.25) is 0 Å². The van der Waals surface area contributed by atoms with Crippen LogP contribution in [-0.2, 0) is 4.43 Å². The van der Waals surface area contributed by atoms with Crippen molar-refractivity contribution in [2.45, 2.75) is 97.4 Å². The largest absolute Gasteiger partial charge is 0.411 e. The first-order valence-electron chi connectivity index (χ1n) is 9.97. The van der Waals surface area contributed by atoms with Crippen molar-refractivity contribution in [3.8, 4) is 0 Å². The van der Waals surface area contributed by atoms with E-state index in [1.165, 1.54) is 28.6 Å². The van der Waals surface area contributed by atoms with Crippen LogP contribution in [0.5, 0.6) is 0 Å². The van der Waals surface area contributed by atoms with E-state index in [-0.39, 0.29) is 5.60 Å². The van der Waals surface area contributed by atoms with Gasteiger partial charge >= 0.3 is 0 Å². The van der Waals surface area contributed by atoms with Gasteiger partial charge in [-0.2, -0.15) is 0 Å². The predicted octanol–water partition coefficient (Wildman–Crippen LogP) is 7.90. The molecule has 138 valence electrons. The smallest absolute Gasteiger partial charge is 0.192 e. The van der Waals surface area contributed by atoms with Gasteiger partial charge in [-0.1, -0.05) is 53.7 Å². The SMILES string of the molecule is CC/C(=C\CCC(CC)(CC)O[Si](CC)(CC)CC)c1cccs1. The second kappa shape index (κ2) is 10.6. The van der Waals surface area contributed by atoms with Crippen molar-refractivity contribution in [2.75, 3.05) is 0 Å². The van der Waals surface area contributed by atoms with E-state index in [2.05, 4.69) is 65.1 Å². The summed E-state index contributed by atoms with van der Waals surface area (Å²) in [6, 6.07) is 8.12. The average Bonchev–Trinajstić information content (AvgIpc) is 3.16. The van der Waals surface area contributed by atoms with Crippen LogP contribution in [0.25, 0.3) is 5.57 Å². The van der Waals surface area contributed by atoms with Crippen molar-refractivity contribution in [3.63, 3.8) is 0 Å². The third-order valence-corrected chi connectivity index (χ3v) is 11.5. The highest BCUT2D eigenvalue weighted by atomic mass is 32.1.